The van der Waals surface area contributed by atoms with E-state index in [-0.39, 0.29) is 18.1 Å². The molecule has 6 heteroatoms. The Morgan fingerprint density at radius 2 is 1.95 bits per heavy atom. The van der Waals surface area contributed by atoms with Gasteiger partial charge >= 0.3 is 6.18 Å². The first-order valence-electron chi connectivity index (χ1n) is 6.19. The van der Waals surface area contributed by atoms with Gasteiger partial charge in [-0.15, -0.1) is 0 Å². The van der Waals surface area contributed by atoms with Gasteiger partial charge in [0.1, 0.15) is 23.7 Å². The lowest BCUT2D eigenvalue weighted by Crippen LogP contribution is -2.10. The van der Waals surface area contributed by atoms with Gasteiger partial charge in [0.05, 0.1) is 13.3 Å². The Morgan fingerprint density at radius 1 is 1.19 bits per heavy atom. The van der Waals surface area contributed by atoms with Crippen LogP contribution >= 0.6 is 0 Å². The van der Waals surface area contributed by atoms with E-state index in [0.717, 1.165) is 12.3 Å². The average Bonchev–Trinajstić information content (AvgIpc) is 2.45. The predicted molar refractivity (Wildman–Crippen MR) is 71.3 cm³/mol. The van der Waals surface area contributed by atoms with Crippen LogP contribution in [-0.2, 0) is 12.8 Å². The molecule has 2 aromatic rings. The summed E-state index contributed by atoms with van der Waals surface area (Å²) in [4.78, 5) is 3.85. The first kappa shape index (κ1) is 15.2. The topological polar surface area (TPSA) is 31.4 Å². The molecule has 0 aliphatic heterocycles. The largest absolute Gasteiger partial charge is 0.497 e. The summed E-state index contributed by atoms with van der Waals surface area (Å²) < 4.78 is 49.2. The molecule has 3 nitrogen and oxygen atoms in total. The quantitative estimate of drug-likeness (QED) is 0.855. The number of aromatic nitrogens is 1. The summed E-state index contributed by atoms with van der Waals surface area (Å²) >= 11 is 0. The summed E-state index contributed by atoms with van der Waals surface area (Å²) in [5.74, 6) is 0.338. The van der Waals surface area contributed by atoms with Crippen molar-refractivity contribution in [2.24, 2.45) is 0 Å². The van der Waals surface area contributed by atoms with Crippen LogP contribution in [0.4, 0.5) is 13.2 Å². The van der Waals surface area contributed by atoms with Crippen molar-refractivity contribution in [2.45, 2.75) is 19.7 Å². The van der Waals surface area contributed by atoms with Gasteiger partial charge in [-0.25, -0.2) is 0 Å². The Bertz CT molecular complexity index is 627. The van der Waals surface area contributed by atoms with Gasteiger partial charge in [-0.1, -0.05) is 12.1 Å². The minimum absolute atomic E-state index is 0.00498. The van der Waals surface area contributed by atoms with Crippen molar-refractivity contribution in [2.75, 3.05) is 7.11 Å². The molecule has 21 heavy (non-hydrogen) atoms. The van der Waals surface area contributed by atoms with E-state index >= 15 is 0 Å². The number of pyridine rings is 1. The predicted octanol–water partition coefficient (Wildman–Crippen LogP) is 4.00. The van der Waals surface area contributed by atoms with Crippen LogP contribution in [-0.4, -0.2) is 12.1 Å². The lowest BCUT2D eigenvalue weighted by atomic mass is 10.2. The van der Waals surface area contributed by atoms with Gasteiger partial charge in [-0.2, -0.15) is 13.2 Å². The maximum Gasteiger partial charge on any atom is 0.420 e. The molecule has 0 fully saturated rings. The summed E-state index contributed by atoms with van der Waals surface area (Å²) in [7, 11) is 1.52. The van der Waals surface area contributed by atoms with E-state index in [1.54, 1.807) is 24.3 Å². The molecule has 2 rings (SSSR count). The monoisotopic (exact) mass is 297 g/mol. The van der Waals surface area contributed by atoms with Gasteiger partial charge in [0.15, 0.2) is 0 Å². The number of methoxy groups -OCH3 is 1. The van der Waals surface area contributed by atoms with Crippen LogP contribution in [0.15, 0.2) is 36.5 Å². The summed E-state index contributed by atoms with van der Waals surface area (Å²) in [5.41, 5.74) is 0.178. The van der Waals surface area contributed by atoms with Crippen molar-refractivity contribution in [1.29, 1.82) is 0 Å². The summed E-state index contributed by atoms with van der Waals surface area (Å²) in [6.45, 7) is 1.51. The number of rotatable bonds is 4. The molecule has 1 aromatic heterocycles. The highest BCUT2D eigenvalue weighted by Crippen LogP contribution is 2.36. The third-order valence-electron chi connectivity index (χ3n) is 2.84. The Balaban J connectivity index is 2.20. The fourth-order valence-electron chi connectivity index (χ4n) is 1.81. The second-order valence-electron chi connectivity index (χ2n) is 4.46. The van der Waals surface area contributed by atoms with Crippen molar-refractivity contribution in [3.05, 3.63) is 53.3 Å². The molecule has 112 valence electrons. The van der Waals surface area contributed by atoms with E-state index in [4.69, 9.17) is 9.47 Å². The highest BCUT2D eigenvalue weighted by atomic mass is 19.4. The maximum atomic E-state index is 12.9. The third kappa shape index (κ3) is 3.87. The molecule has 0 spiro atoms. The van der Waals surface area contributed by atoms with E-state index in [9.17, 15) is 13.2 Å². The fraction of sp³-hybridized carbons (Fsp3) is 0.267. The van der Waals surface area contributed by atoms with Crippen LogP contribution in [0.3, 0.4) is 0 Å². The zero-order chi connectivity index (χ0) is 15.5. The first-order chi connectivity index (χ1) is 9.90. The van der Waals surface area contributed by atoms with Crippen LogP contribution in [0.2, 0.25) is 0 Å². The SMILES string of the molecule is COc1cccc(COc2cnc(C)cc2C(F)(F)F)c1. The smallest absolute Gasteiger partial charge is 0.420 e. The molecule has 0 amide bonds. The molecule has 0 aliphatic carbocycles. The summed E-state index contributed by atoms with van der Waals surface area (Å²) in [5, 5.41) is 0. The lowest BCUT2D eigenvalue weighted by molar-refractivity contribution is -0.139. The second kappa shape index (κ2) is 6.03. The van der Waals surface area contributed by atoms with Crippen molar-refractivity contribution in [3.63, 3.8) is 0 Å². The van der Waals surface area contributed by atoms with Gasteiger partial charge in [0, 0.05) is 5.69 Å². The van der Waals surface area contributed by atoms with Crippen molar-refractivity contribution < 1.29 is 22.6 Å². The number of aryl methyl sites for hydroxylation is 1. The zero-order valence-electron chi connectivity index (χ0n) is 11.6. The van der Waals surface area contributed by atoms with E-state index < -0.39 is 11.7 Å². The first-order valence-corrected chi connectivity index (χ1v) is 6.19. The molecule has 0 saturated carbocycles. The molecule has 0 radical (unpaired) electrons. The van der Waals surface area contributed by atoms with Crippen molar-refractivity contribution in [1.82, 2.24) is 4.98 Å². The number of hydrogen-bond acceptors (Lipinski definition) is 3. The standard InChI is InChI=1S/C15H14F3NO2/c1-10-6-13(15(16,17)18)14(8-19-10)21-9-11-4-3-5-12(7-11)20-2/h3-8H,9H2,1-2H3. The number of benzene rings is 1. The van der Waals surface area contributed by atoms with E-state index in [1.165, 1.54) is 14.0 Å². The molecule has 1 heterocycles. The van der Waals surface area contributed by atoms with Crippen LogP contribution in [0.1, 0.15) is 16.8 Å². The minimum Gasteiger partial charge on any atom is -0.497 e. The molecule has 0 bridgehead atoms. The van der Waals surface area contributed by atoms with Crippen molar-refractivity contribution >= 4 is 0 Å². The van der Waals surface area contributed by atoms with Gasteiger partial charge < -0.3 is 9.47 Å². The third-order valence-corrected chi connectivity index (χ3v) is 2.84. The number of ether oxygens (including phenoxy) is 2. The highest BCUT2D eigenvalue weighted by molar-refractivity contribution is 5.35. The van der Waals surface area contributed by atoms with E-state index in [2.05, 4.69) is 4.98 Å². The van der Waals surface area contributed by atoms with E-state index in [0.29, 0.717) is 11.3 Å². The molecule has 0 unspecified atom stereocenters. The molecule has 0 atom stereocenters. The van der Waals surface area contributed by atoms with Gasteiger partial charge in [0.2, 0.25) is 0 Å². The highest BCUT2D eigenvalue weighted by Gasteiger charge is 2.34. The number of alkyl halides is 3. The summed E-state index contributed by atoms with van der Waals surface area (Å²) in [6.07, 6.45) is -3.38. The Labute approximate surface area is 120 Å². The Kier molecular flexibility index (Phi) is 4.35. The average molecular weight is 297 g/mol. The van der Waals surface area contributed by atoms with Crippen molar-refractivity contribution in [3.8, 4) is 11.5 Å². The van der Waals surface area contributed by atoms with Crippen LogP contribution in [0.25, 0.3) is 0 Å². The van der Waals surface area contributed by atoms with Gasteiger partial charge in [-0.05, 0) is 30.7 Å². The second-order valence-corrected chi connectivity index (χ2v) is 4.46. The number of halogens is 3. The maximum absolute atomic E-state index is 12.9. The zero-order valence-corrected chi connectivity index (χ0v) is 11.6. The van der Waals surface area contributed by atoms with Crippen LogP contribution in [0.5, 0.6) is 11.5 Å². The molecular weight excluding hydrogens is 283 g/mol. The molecule has 1 aromatic carbocycles. The Hall–Kier alpha value is -2.24. The normalized spacial score (nSPS) is 11.3. The number of nitrogens with zero attached hydrogens (tertiary/aromatic N) is 1. The van der Waals surface area contributed by atoms with Crippen LogP contribution in [0, 0.1) is 6.92 Å². The molecule has 0 N–H and O–H groups in total. The minimum atomic E-state index is -4.47. The Morgan fingerprint density at radius 3 is 2.62 bits per heavy atom. The van der Waals surface area contributed by atoms with Crippen LogP contribution < -0.4 is 9.47 Å². The van der Waals surface area contributed by atoms with E-state index in [1.807, 2.05) is 0 Å². The lowest BCUT2D eigenvalue weighted by Gasteiger charge is -2.14. The molecular formula is C15H14F3NO2. The summed E-state index contributed by atoms with van der Waals surface area (Å²) in [6, 6.07) is 7.92. The van der Waals surface area contributed by atoms with Gasteiger partial charge in [0.25, 0.3) is 0 Å². The fourth-order valence-corrected chi connectivity index (χ4v) is 1.81. The van der Waals surface area contributed by atoms with Gasteiger partial charge in [-0.3, -0.25) is 4.98 Å². The molecule has 0 aliphatic rings. The molecule has 0 saturated heterocycles. The number of hydrogen-bond donors (Lipinski definition) is 0.